The zero-order valence-electron chi connectivity index (χ0n) is 15.2. The van der Waals surface area contributed by atoms with Crippen LogP contribution in [-0.4, -0.2) is 37.7 Å². The van der Waals surface area contributed by atoms with Gasteiger partial charge in [0.15, 0.2) is 5.82 Å². The van der Waals surface area contributed by atoms with Gasteiger partial charge in [0, 0.05) is 6.54 Å². The third-order valence-electron chi connectivity index (χ3n) is 5.13. The summed E-state index contributed by atoms with van der Waals surface area (Å²) in [5, 5.41) is 4.54. The summed E-state index contributed by atoms with van der Waals surface area (Å²) >= 11 is 0. The molecule has 0 atom stereocenters. The van der Waals surface area contributed by atoms with E-state index in [9.17, 15) is 4.79 Å². The predicted molar refractivity (Wildman–Crippen MR) is 97.8 cm³/mol. The van der Waals surface area contributed by atoms with Crippen molar-refractivity contribution in [2.75, 3.05) is 13.1 Å². The first-order chi connectivity index (χ1) is 12.6. The molecule has 3 aromatic rings. The van der Waals surface area contributed by atoms with E-state index in [4.69, 9.17) is 4.52 Å². The number of aryl methyl sites for hydroxylation is 2. The van der Waals surface area contributed by atoms with Gasteiger partial charge in [-0.05, 0) is 57.8 Å². The molecule has 0 bridgehead atoms. The maximum absolute atomic E-state index is 12.8. The van der Waals surface area contributed by atoms with Crippen molar-refractivity contribution in [2.45, 2.75) is 39.8 Å². The number of rotatable bonds is 4. The topological polar surface area (TPSA) is 77.0 Å². The van der Waals surface area contributed by atoms with Crippen LogP contribution in [0.15, 0.2) is 33.6 Å². The number of hydrogen-bond acceptors (Lipinski definition) is 6. The average molecular weight is 353 g/mol. The third-order valence-corrected chi connectivity index (χ3v) is 5.13. The fourth-order valence-corrected chi connectivity index (χ4v) is 3.67. The summed E-state index contributed by atoms with van der Waals surface area (Å²) in [6, 6.07) is 7.56. The van der Waals surface area contributed by atoms with E-state index in [0.717, 1.165) is 43.8 Å². The highest BCUT2D eigenvalue weighted by atomic mass is 16.5. The van der Waals surface area contributed by atoms with Crippen LogP contribution in [0.2, 0.25) is 0 Å². The van der Waals surface area contributed by atoms with Crippen LogP contribution in [-0.2, 0) is 13.1 Å². The average Bonchev–Trinajstić information content (AvgIpc) is 3.05. The standard InChI is InChI=1S/C19H23N5O2/c1-13-20-18(26-22-13)12-23-9-7-15(8-10-23)11-24-14(2)21-17-6-4-3-5-16(17)19(24)25/h3-6,15H,7-12H2,1-2H3. The van der Waals surface area contributed by atoms with Crippen molar-refractivity contribution in [3.63, 3.8) is 0 Å². The zero-order valence-corrected chi connectivity index (χ0v) is 15.2. The second-order valence-electron chi connectivity index (χ2n) is 7.05. The Morgan fingerprint density at radius 2 is 1.92 bits per heavy atom. The Labute approximate surface area is 151 Å². The van der Waals surface area contributed by atoms with Crippen LogP contribution < -0.4 is 5.56 Å². The van der Waals surface area contributed by atoms with Crippen molar-refractivity contribution < 1.29 is 4.52 Å². The first-order valence-electron chi connectivity index (χ1n) is 9.08. The molecule has 0 unspecified atom stereocenters. The molecule has 1 aliphatic rings. The molecule has 3 heterocycles. The predicted octanol–water partition coefficient (Wildman–Crippen LogP) is 2.31. The van der Waals surface area contributed by atoms with Gasteiger partial charge in [-0.15, -0.1) is 0 Å². The van der Waals surface area contributed by atoms with Crippen LogP contribution in [0.1, 0.15) is 30.4 Å². The Kier molecular flexibility index (Phi) is 4.55. The smallest absolute Gasteiger partial charge is 0.261 e. The van der Waals surface area contributed by atoms with E-state index in [1.165, 1.54) is 0 Å². The minimum Gasteiger partial charge on any atom is -0.338 e. The first kappa shape index (κ1) is 16.9. The lowest BCUT2D eigenvalue weighted by molar-refractivity contribution is 0.150. The quantitative estimate of drug-likeness (QED) is 0.716. The molecule has 0 amide bonds. The summed E-state index contributed by atoms with van der Waals surface area (Å²) in [6.07, 6.45) is 2.09. The Hall–Kier alpha value is -2.54. The molecule has 26 heavy (non-hydrogen) atoms. The lowest BCUT2D eigenvalue weighted by Gasteiger charge is -2.31. The van der Waals surface area contributed by atoms with E-state index in [1.807, 2.05) is 42.7 Å². The molecule has 0 saturated carbocycles. The monoisotopic (exact) mass is 353 g/mol. The molecule has 0 aliphatic carbocycles. The molecule has 7 nitrogen and oxygen atoms in total. The van der Waals surface area contributed by atoms with Crippen LogP contribution in [0.4, 0.5) is 0 Å². The molecule has 0 spiro atoms. The number of likely N-dealkylation sites (tertiary alicyclic amines) is 1. The number of benzene rings is 1. The number of hydrogen-bond donors (Lipinski definition) is 0. The van der Waals surface area contributed by atoms with E-state index in [0.29, 0.717) is 29.6 Å². The normalized spacial score (nSPS) is 16.4. The van der Waals surface area contributed by atoms with Crippen molar-refractivity contribution in [1.82, 2.24) is 24.6 Å². The number of piperidine rings is 1. The maximum Gasteiger partial charge on any atom is 0.261 e. The summed E-state index contributed by atoms with van der Waals surface area (Å²) in [4.78, 5) is 24.0. The van der Waals surface area contributed by atoms with Gasteiger partial charge in [-0.25, -0.2) is 4.98 Å². The summed E-state index contributed by atoms with van der Waals surface area (Å²) in [6.45, 7) is 7.12. The number of fused-ring (bicyclic) bond motifs is 1. The Morgan fingerprint density at radius 3 is 2.65 bits per heavy atom. The van der Waals surface area contributed by atoms with Crippen LogP contribution in [0.25, 0.3) is 10.9 Å². The van der Waals surface area contributed by atoms with E-state index < -0.39 is 0 Å². The van der Waals surface area contributed by atoms with Crippen LogP contribution in [0, 0.1) is 19.8 Å². The SMILES string of the molecule is Cc1noc(CN2CCC(Cn3c(C)nc4ccccc4c3=O)CC2)n1. The Bertz CT molecular complexity index is 969. The molecule has 0 N–H and O–H groups in total. The van der Waals surface area contributed by atoms with Crippen LogP contribution in [0.5, 0.6) is 0 Å². The molecular weight excluding hydrogens is 330 g/mol. The zero-order chi connectivity index (χ0) is 18.1. The molecule has 136 valence electrons. The summed E-state index contributed by atoms with van der Waals surface area (Å²) in [7, 11) is 0. The largest absolute Gasteiger partial charge is 0.338 e. The molecule has 0 radical (unpaired) electrons. The van der Waals surface area contributed by atoms with Gasteiger partial charge in [-0.3, -0.25) is 14.3 Å². The number of nitrogens with zero attached hydrogens (tertiary/aromatic N) is 5. The van der Waals surface area contributed by atoms with E-state index >= 15 is 0 Å². The highest BCUT2D eigenvalue weighted by Crippen LogP contribution is 2.21. The van der Waals surface area contributed by atoms with Crippen molar-refractivity contribution in [2.24, 2.45) is 5.92 Å². The van der Waals surface area contributed by atoms with Crippen molar-refractivity contribution in [3.05, 3.63) is 52.2 Å². The van der Waals surface area contributed by atoms with Gasteiger partial charge in [-0.2, -0.15) is 4.98 Å². The Balaban J connectivity index is 1.43. The molecular formula is C19H23N5O2. The lowest BCUT2D eigenvalue weighted by Crippen LogP contribution is -2.36. The second kappa shape index (κ2) is 6.99. The fourth-order valence-electron chi connectivity index (χ4n) is 3.67. The Morgan fingerprint density at radius 1 is 1.15 bits per heavy atom. The van der Waals surface area contributed by atoms with Crippen LogP contribution in [0.3, 0.4) is 0 Å². The van der Waals surface area contributed by atoms with Gasteiger partial charge in [0.05, 0.1) is 17.4 Å². The first-order valence-corrected chi connectivity index (χ1v) is 9.08. The molecule has 1 aliphatic heterocycles. The molecule has 4 rings (SSSR count). The third kappa shape index (κ3) is 3.39. The van der Waals surface area contributed by atoms with E-state index in [1.54, 1.807) is 0 Å². The highest BCUT2D eigenvalue weighted by molar-refractivity contribution is 5.77. The summed E-state index contributed by atoms with van der Waals surface area (Å²) in [5.74, 6) is 2.62. The van der Waals surface area contributed by atoms with Gasteiger partial charge < -0.3 is 4.52 Å². The van der Waals surface area contributed by atoms with Crippen molar-refractivity contribution >= 4 is 10.9 Å². The van der Waals surface area contributed by atoms with Gasteiger partial charge in [0.1, 0.15) is 5.82 Å². The van der Waals surface area contributed by atoms with Gasteiger partial charge in [0.25, 0.3) is 5.56 Å². The van der Waals surface area contributed by atoms with E-state index in [2.05, 4.69) is 20.0 Å². The molecule has 1 saturated heterocycles. The summed E-state index contributed by atoms with van der Waals surface area (Å²) < 4.78 is 7.04. The number of aromatic nitrogens is 4. The lowest BCUT2D eigenvalue weighted by atomic mass is 9.96. The van der Waals surface area contributed by atoms with Gasteiger partial charge in [-0.1, -0.05) is 17.3 Å². The van der Waals surface area contributed by atoms with E-state index in [-0.39, 0.29) is 5.56 Å². The highest BCUT2D eigenvalue weighted by Gasteiger charge is 2.22. The van der Waals surface area contributed by atoms with Crippen LogP contribution >= 0.6 is 0 Å². The minimum absolute atomic E-state index is 0.0665. The molecule has 1 aromatic carbocycles. The molecule has 7 heteroatoms. The number of para-hydroxylation sites is 1. The maximum atomic E-state index is 12.8. The van der Waals surface area contributed by atoms with Crippen molar-refractivity contribution in [1.29, 1.82) is 0 Å². The van der Waals surface area contributed by atoms with Gasteiger partial charge >= 0.3 is 0 Å². The minimum atomic E-state index is 0.0665. The summed E-state index contributed by atoms with van der Waals surface area (Å²) in [5.41, 5.74) is 0.841. The second-order valence-corrected chi connectivity index (χ2v) is 7.05. The van der Waals surface area contributed by atoms with Crippen molar-refractivity contribution in [3.8, 4) is 0 Å². The van der Waals surface area contributed by atoms with Gasteiger partial charge in [0.2, 0.25) is 5.89 Å². The molecule has 1 fully saturated rings. The fraction of sp³-hybridized carbons (Fsp3) is 0.474. The molecule has 2 aromatic heterocycles.